The zero-order valence-corrected chi connectivity index (χ0v) is 10.6. The predicted octanol–water partition coefficient (Wildman–Crippen LogP) is 3.70. The normalized spacial score (nSPS) is 17.0. The first-order chi connectivity index (χ1) is 7.42. The van der Waals surface area contributed by atoms with Gasteiger partial charge in [0.25, 0.3) is 0 Å². The van der Waals surface area contributed by atoms with Crippen molar-refractivity contribution in [3.05, 3.63) is 28.3 Å². The van der Waals surface area contributed by atoms with Crippen LogP contribution in [0.3, 0.4) is 0 Å². The molecular weight excluding hydrogens is 222 g/mol. The average Bonchev–Trinajstić information content (AvgIpc) is 2.91. The standard InChI is InChI=1S/C13H16ClNO/c1-8-6-10(14)7-9(2)11(8)15-12(16)13(3)4-5-13/h6-7H,4-5H2,1-3H3,(H,15,16). The molecule has 1 aliphatic rings. The van der Waals surface area contributed by atoms with Gasteiger partial charge in [-0.05, 0) is 49.9 Å². The quantitative estimate of drug-likeness (QED) is 0.835. The van der Waals surface area contributed by atoms with E-state index in [1.54, 1.807) is 0 Å². The smallest absolute Gasteiger partial charge is 0.230 e. The first kappa shape index (κ1) is 11.5. The molecule has 1 fully saturated rings. The fraction of sp³-hybridized carbons (Fsp3) is 0.462. The zero-order valence-electron chi connectivity index (χ0n) is 9.86. The van der Waals surface area contributed by atoms with Crippen LogP contribution in [0.2, 0.25) is 5.02 Å². The molecule has 1 saturated carbocycles. The van der Waals surface area contributed by atoms with E-state index >= 15 is 0 Å². The Balaban J connectivity index is 2.24. The number of carbonyl (C=O) groups excluding carboxylic acids is 1. The lowest BCUT2D eigenvalue weighted by Crippen LogP contribution is -2.22. The van der Waals surface area contributed by atoms with Crippen LogP contribution in [0.15, 0.2) is 12.1 Å². The van der Waals surface area contributed by atoms with Crippen molar-refractivity contribution in [2.75, 3.05) is 5.32 Å². The van der Waals surface area contributed by atoms with E-state index in [0.29, 0.717) is 5.02 Å². The van der Waals surface area contributed by atoms with Crippen LogP contribution in [0.25, 0.3) is 0 Å². The summed E-state index contributed by atoms with van der Waals surface area (Å²) >= 11 is 5.95. The fourth-order valence-electron chi connectivity index (χ4n) is 1.79. The maximum Gasteiger partial charge on any atom is 0.230 e. The minimum Gasteiger partial charge on any atom is -0.325 e. The van der Waals surface area contributed by atoms with Crippen molar-refractivity contribution in [2.45, 2.75) is 33.6 Å². The molecule has 0 spiro atoms. The van der Waals surface area contributed by atoms with Gasteiger partial charge < -0.3 is 5.32 Å². The highest BCUT2D eigenvalue weighted by atomic mass is 35.5. The SMILES string of the molecule is Cc1cc(Cl)cc(C)c1NC(=O)C1(C)CC1. The highest BCUT2D eigenvalue weighted by Gasteiger charge is 2.45. The Hall–Kier alpha value is -1.02. The maximum absolute atomic E-state index is 11.9. The second-order valence-corrected chi connectivity index (χ2v) is 5.37. The Morgan fingerprint density at radius 3 is 2.25 bits per heavy atom. The van der Waals surface area contributed by atoms with Crippen LogP contribution in [0.4, 0.5) is 5.69 Å². The third kappa shape index (κ3) is 2.07. The number of anilines is 1. The molecule has 1 N–H and O–H groups in total. The third-order valence-electron chi connectivity index (χ3n) is 3.28. The lowest BCUT2D eigenvalue weighted by molar-refractivity contribution is -0.120. The van der Waals surface area contributed by atoms with Crippen molar-refractivity contribution in [1.82, 2.24) is 0 Å². The number of amides is 1. The molecule has 0 unspecified atom stereocenters. The second-order valence-electron chi connectivity index (χ2n) is 4.93. The van der Waals surface area contributed by atoms with E-state index in [2.05, 4.69) is 5.32 Å². The zero-order chi connectivity index (χ0) is 11.9. The minimum atomic E-state index is -0.140. The highest BCUT2D eigenvalue weighted by Crippen LogP contribution is 2.46. The molecule has 0 bridgehead atoms. The van der Waals surface area contributed by atoms with Gasteiger partial charge in [0.2, 0.25) is 5.91 Å². The number of hydrogen-bond donors (Lipinski definition) is 1. The van der Waals surface area contributed by atoms with E-state index in [4.69, 9.17) is 11.6 Å². The van der Waals surface area contributed by atoms with Crippen molar-refractivity contribution in [3.8, 4) is 0 Å². The van der Waals surface area contributed by atoms with Gasteiger partial charge in [0, 0.05) is 16.1 Å². The van der Waals surface area contributed by atoms with Crippen LogP contribution in [-0.4, -0.2) is 5.91 Å². The second kappa shape index (κ2) is 3.77. The molecule has 1 aromatic rings. The Morgan fingerprint density at radius 2 is 1.81 bits per heavy atom. The van der Waals surface area contributed by atoms with Gasteiger partial charge >= 0.3 is 0 Å². The molecule has 86 valence electrons. The number of halogens is 1. The molecule has 1 amide bonds. The van der Waals surface area contributed by atoms with Crippen LogP contribution in [-0.2, 0) is 4.79 Å². The summed E-state index contributed by atoms with van der Waals surface area (Å²) in [5.41, 5.74) is 2.80. The first-order valence-electron chi connectivity index (χ1n) is 5.50. The van der Waals surface area contributed by atoms with E-state index < -0.39 is 0 Å². The van der Waals surface area contributed by atoms with Crippen LogP contribution in [0.1, 0.15) is 30.9 Å². The summed E-state index contributed by atoms with van der Waals surface area (Å²) in [5.74, 6) is 0.126. The predicted molar refractivity (Wildman–Crippen MR) is 66.9 cm³/mol. The molecule has 1 aliphatic carbocycles. The Labute approximate surface area is 101 Å². The van der Waals surface area contributed by atoms with Crippen LogP contribution < -0.4 is 5.32 Å². The van der Waals surface area contributed by atoms with Gasteiger partial charge in [-0.1, -0.05) is 18.5 Å². The number of hydrogen-bond acceptors (Lipinski definition) is 1. The summed E-state index contributed by atoms with van der Waals surface area (Å²) < 4.78 is 0. The lowest BCUT2D eigenvalue weighted by atomic mass is 10.1. The largest absolute Gasteiger partial charge is 0.325 e. The lowest BCUT2D eigenvalue weighted by Gasteiger charge is -2.15. The van der Waals surface area contributed by atoms with Gasteiger partial charge in [0.1, 0.15) is 0 Å². The monoisotopic (exact) mass is 237 g/mol. The summed E-state index contributed by atoms with van der Waals surface area (Å²) in [7, 11) is 0. The van der Waals surface area contributed by atoms with Crippen molar-refractivity contribution in [2.24, 2.45) is 5.41 Å². The van der Waals surface area contributed by atoms with E-state index in [0.717, 1.165) is 29.7 Å². The van der Waals surface area contributed by atoms with Gasteiger partial charge in [-0.3, -0.25) is 4.79 Å². The number of aryl methyl sites for hydroxylation is 2. The summed E-state index contributed by atoms with van der Waals surface area (Å²) in [6.45, 7) is 5.93. The van der Waals surface area contributed by atoms with E-state index in [1.807, 2.05) is 32.9 Å². The number of benzene rings is 1. The molecule has 2 rings (SSSR count). The molecule has 0 aliphatic heterocycles. The molecule has 16 heavy (non-hydrogen) atoms. The molecule has 0 radical (unpaired) electrons. The number of nitrogens with one attached hydrogen (secondary N) is 1. The van der Waals surface area contributed by atoms with E-state index in [9.17, 15) is 4.79 Å². The van der Waals surface area contributed by atoms with E-state index in [1.165, 1.54) is 0 Å². The summed E-state index contributed by atoms with van der Waals surface area (Å²) in [4.78, 5) is 11.9. The fourth-order valence-corrected chi connectivity index (χ4v) is 2.11. The minimum absolute atomic E-state index is 0.126. The van der Waals surface area contributed by atoms with Crippen LogP contribution >= 0.6 is 11.6 Å². The van der Waals surface area contributed by atoms with Gasteiger partial charge in [-0.2, -0.15) is 0 Å². The number of rotatable bonds is 2. The van der Waals surface area contributed by atoms with Crippen LogP contribution in [0.5, 0.6) is 0 Å². The van der Waals surface area contributed by atoms with Gasteiger partial charge in [-0.25, -0.2) is 0 Å². The molecule has 0 atom stereocenters. The maximum atomic E-state index is 11.9. The molecule has 1 aromatic carbocycles. The van der Waals surface area contributed by atoms with E-state index in [-0.39, 0.29) is 11.3 Å². The first-order valence-corrected chi connectivity index (χ1v) is 5.88. The van der Waals surface area contributed by atoms with Gasteiger partial charge in [0.05, 0.1) is 0 Å². The third-order valence-corrected chi connectivity index (χ3v) is 3.50. The molecule has 0 heterocycles. The molecule has 3 heteroatoms. The van der Waals surface area contributed by atoms with Crippen LogP contribution in [0, 0.1) is 19.3 Å². The molecule has 2 nitrogen and oxygen atoms in total. The van der Waals surface area contributed by atoms with Crippen molar-refractivity contribution in [3.63, 3.8) is 0 Å². The molecule has 0 aromatic heterocycles. The molecular formula is C13H16ClNO. The van der Waals surface area contributed by atoms with Crippen molar-refractivity contribution in [1.29, 1.82) is 0 Å². The van der Waals surface area contributed by atoms with Crippen molar-refractivity contribution >= 4 is 23.2 Å². The Kier molecular flexibility index (Phi) is 2.70. The summed E-state index contributed by atoms with van der Waals surface area (Å²) in [6, 6.07) is 3.75. The Morgan fingerprint density at radius 1 is 1.31 bits per heavy atom. The highest BCUT2D eigenvalue weighted by molar-refractivity contribution is 6.30. The Bertz CT molecular complexity index is 426. The van der Waals surface area contributed by atoms with Gasteiger partial charge in [0.15, 0.2) is 0 Å². The molecule has 0 saturated heterocycles. The van der Waals surface area contributed by atoms with Gasteiger partial charge in [-0.15, -0.1) is 0 Å². The number of carbonyl (C=O) groups is 1. The van der Waals surface area contributed by atoms with Crippen molar-refractivity contribution < 1.29 is 4.79 Å². The topological polar surface area (TPSA) is 29.1 Å². The summed E-state index contributed by atoms with van der Waals surface area (Å²) in [5, 5.41) is 3.72. The summed E-state index contributed by atoms with van der Waals surface area (Å²) in [6.07, 6.45) is 1.98. The average molecular weight is 238 g/mol.